The topological polar surface area (TPSA) is 12.0 Å². The summed E-state index contributed by atoms with van der Waals surface area (Å²) >= 11 is 2.27. The standard InChI is InChI=1S/C15H29NS/c1-15(2)10-6-9-13(14(15)16-3)17-11-12-7-4-5-8-12/h12-14,16H,4-11H2,1-3H3. The Morgan fingerprint density at radius 1 is 1.12 bits per heavy atom. The van der Waals surface area contributed by atoms with E-state index in [4.69, 9.17) is 0 Å². The lowest BCUT2D eigenvalue weighted by Gasteiger charge is -2.44. The van der Waals surface area contributed by atoms with E-state index < -0.39 is 0 Å². The van der Waals surface area contributed by atoms with Crippen LogP contribution in [-0.4, -0.2) is 24.1 Å². The Morgan fingerprint density at radius 2 is 1.82 bits per heavy atom. The monoisotopic (exact) mass is 255 g/mol. The van der Waals surface area contributed by atoms with Gasteiger partial charge in [-0.2, -0.15) is 11.8 Å². The third kappa shape index (κ3) is 3.41. The van der Waals surface area contributed by atoms with Crippen LogP contribution < -0.4 is 5.32 Å². The molecule has 0 aromatic carbocycles. The largest absolute Gasteiger partial charge is 0.315 e. The summed E-state index contributed by atoms with van der Waals surface area (Å²) in [5.41, 5.74) is 0.486. The lowest BCUT2D eigenvalue weighted by molar-refractivity contribution is 0.182. The summed E-state index contributed by atoms with van der Waals surface area (Å²) in [6.45, 7) is 4.88. The van der Waals surface area contributed by atoms with E-state index in [1.165, 1.54) is 50.7 Å². The summed E-state index contributed by atoms with van der Waals surface area (Å²) in [6.07, 6.45) is 10.2. The first kappa shape index (κ1) is 13.7. The van der Waals surface area contributed by atoms with Gasteiger partial charge in [0.1, 0.15) is 0 Å². The van der Waals surface area contributed by atoms with Gasteiger partial charge < -0.3 is 5.32 Å². The van der Waals surface area contributed by atoms with Crippen molar-refractivity contribution in [2.45, 2.75) is 70.1 Å². The fraction of sp³-hybridized carbons (Fsp3) is 1.00. The molecule has 0 aliphatic heterocycles. The van der Waals surface area contributed by atoms with Gasteiger partial charge in [0.2, 0.25) is 0 Å². The first-order valence-electron chi connectivity index (χ1n) is 7.42. The summed E-state index contributed by atoms with van der Waals surface area (Å²) in [5, 5.41) is 4.45. The molecule has 2 rings (SSSR count). The molecule has 0 heterocycles. The lowest BCUT2D eigenvalue weighted by atomic mass is 9.73. The molecular weight excluding hydrogens is 226 g/mol. The van der Waals surface area contributed by atoms with Crippen molar-refractivity contribution in [2.24, 2.45) is 11.3 Å². The molecule has 0 aromatic heterocycles. The van der Waals surface area contributed by atoms with Crippen LogP contribution in [0.3, 0.4) is 0 Å². The van der Waals surface area contributed by atoms with Crippen LogP contribution in [0.2, 0.25) is 0 Å². The highest BCUT2D eigenvalue weighted by Crippen LogP contribution is 2.41. The van der Waals surface area contributed by atoms with Crippen LogP contribution in [0.15, 0.2) is 0 Å². The van der Waals surface area contributed by atoms with E-state index in [9.17, 15) is 0 Å². The molecule has 2 fully saturated rings. The van der Waals surface area contributed by atoms with Gasteiger partial charge in [-0.15, -0.1) is 0 Å². The summed E-state index contributed by atoms with van der Waals surface area (Å²) in [6, 6.07) is 0.711. The molecule has 0 saturated heterocycles. The second kappa shape index (κ2) is 5.97. The zero-order chi connectivity index (χ0) is 12.3. The minimum absolute atomic E-state index is 0.486. The maximum Gasteiger partial charge on any atom is 0.0234 e. The van der Waals surface area contributed by atoms with E-state index in [2.05, 4.69) is 38.0 Å². The minimum atomic E-state index is 0.486. The molecule has 100 valence electrons. The third-order valence-corrected chi connectivity index (χ3v) is 6.46. The minimum Gasteiger partial charge on any atom is -0.315 e. The third-order valence-electron chi connectivity index (χ3n) is 4.86. The Labute approximate surface area is 112 Å². The van der Waals surface area contributed by atoms with Gasteiger partial charge in [-0.3, -0.25) is 0 Å². The Morgan fingerprint density at radius 3 is 2.47 bits per heavy atom. The van der Waals surface area contributed by atoms with Crippen molar-refractivity contribution in [3.63, 3.8) is 0 Å². The zero-order valence-electron chi connectivity index (χ0n) is 11.8. The van der Waals surface area contributed by atoms with Crippen LogP contribution in [0.1, 0.15) is 58.8 Å². The average Bonchev–Trinajstić information content (AvgIpc) is 2.78. The Bertz CT molecular complexity index is 233. The van der Waals surface area contributed by atoms with Crippen molar-refractivity contribution in [1.82, 2.24) is 5.32 Å². The molecule has 2 unspecified atom stereocenters. The van der Waals surface area contributed by atoms with Gasteiger partial charge in [-0.1, -0.05) is 33.1 Å². The first-order chi connectivity index (χ1) is 8.13. The van der Waals surface area contributed by atoms with Crippen LogP contribution >= 0.6 is 11.8 Å². The van der Waals surface area contributed by atoms with Gasteiger partial charge in [0.15, 0.2) is 0 Å². The smallest absolute Gasteiger partial charge is 0.0234 e. The lowest BCUT2D eigenvalue weighted by Crippen LogP contribution is -2.50. The molecule has 0 aromatic rings. The molecule has 2 saturated carbocycles. The van der Waals surface area contributed by atoms with Gasteiger partial charge >= 0.3 is 0 Å². The number of hydrogen-bond acceptors (Lipinski definition) is 2. The van der Waals surface area contributed by atoms with E-state index in [1.807, 2.05) is 0 Å². The molecule has 1 nitrogen and oxygen atoms in total. The molecular formula is C15H29NS. The van der Waals surface area contributed by atoms with Crippen molar-refractivity contribution >= 4 is 11.8 Å². The molecule has 2 aliphatic rings. The van der Waals surface area contributed by atoms with Gasteiger partial charge in [-0.25, -0.2) is 0 Å². The second-order valence-corrected chi connectivity index (χ2v) is 7.94. The SMILES string of the molecule is CNC1C(SCC2CCCC2)CCCC1(C)C. The van der Waals surface area contributed by atoms with Crippen LogP contribution in [0.5, 0.6) is 0 Å². The highest BCUT2D eigenvalue weighted by Gasteiger charge is 2.38. The van der Waals surface area contributed by atoms with Crippen molar-refractivity contribution in [3.8, 4) is 0 Å². The Hall–Kier alpha value is 0.310. The van der Waals surface area contributed by atoms with Crippen molar-refractivity contribution in [3.05, 3.63) is 0 Å². The first-order valence-corrected chi connectivity index (χ1v) is 8.47. The molecule has 17 heavy (non-hydrogen) atoms. The van der Waals surface area contributed by atoms with Gasteiger partial charge in [0, 0.05) is 11.3 Å². The Balaban J connectivity index is 1.85. The highest BCUT2D eigenvalue weighted by molar-refractivity contribution is 7.99. The van der Waals surface area contributed by atoms with Crippen molar-refractivity contribution in [1.29, 1.82) is 0 Å². The number of thioether (sulfide) groups is 1. The highest BCUT2D eigenvalue weighted by atomic mass is 32.2. The molecule has 0 amide bonds. The summed E-state index contributed by atoms with van der Waals surface area (Å²) in [7, 11) is 2.15. The average molecular weight is 255 g/mol. The maximum atomic E-state index is 3.60. The predicted octanol–water partition coefficient (Wildman–Crippen LogP) is 4.08. The van der Waals surface area contributed by atoms with Crippen molar-refractivity contribution < 1.29 is 0 Å². The van der Waals surface area contributed by atoms with E-state index in [0.29, 0.717) is 11.5 Å². The maximum absolute atomic E-state index is 3.60. The van der Waals surface area contributed by atoms with Crippen LogP contribution in [0.25, 0.3) is 0 Å². The Kier molecular flexibility index (Phi) is 4.82. The van der Waals surface area contributed by atoms with Gasteiger partial charge in [0.25, 0.3) is 0 Å². The fourth-order valence-electron chi connectivity index (χ4n) is 3.78. The number of nitrogens with one attached hydrogen (secondary N) is 1. The van der Waals surface area contributed by atoms with E-state index in [-0.39, 0.29) is 0 Å². The van der Waals surface area contributed by atoms with Crippen LogP contribution in [0, 0.1) is 11.3 Å². The van der Waals surface area contributed by atoms with Crippen molar-refractivity contribution in [2.75, 3.05) is 12.8 Å². The molecule has 0 spiro atoms. The van der Waals surface area contributed by atoms with Gasteiger partial charge in [0.05, 0.1) is 0 Å². The van der Waals surface area contributed by atoms with Crippen LogP contribution in [0.4, 0.5) is 0 Å². The summed E-state index contributed by atoms with van der Waals surface area (Å²) in [5.74, 6) is 2.45. The number of rotatable bonds is 4. The predicted molar refractivity (Wildman–Crippen MR) is 78.7 cm³/mol. The fourth-order valence-corrected chi connectivity index (χ4v) is 5.66. The van der Waals surface area contributed by atoms with E-state index >= 15 is 0 Å². The quantitative estimate of drug-likeness (QED) is 0.812. The van der Waals surface area contributed by atoms with Gasteiger partial charge in [-0.05, 0) is 49.8 Å². The summed E-state index contributed by atoms with van der Waals surface area (Å²) < 4.78 is 0. The van der Waals surface area contributed by atoms with E-state index in [0.717, 1.165) is 11.2 Å². The molecule has 2 aliphatic carbocycles. The second-order valence-electron chi connectivity index (χ2n) is 6.67. The molecule has 2 heteroatoms. The van der Waals surface area contributed by atoms with E-state index in [1.54, 1.807) is 0 Å². The summed E-state index contributed by atoms with van der Waals surface area (Å²) in [4.78, 5) is 0. The number of hydrogen-bond donors (Lipinski definition) is 1. The molecule has 2 atom stereocenters. The molecule has 1 N–H and O–H groups in total. The van der Waals surface area contributed by atoms with Crippen LogP contribution in [-0.2, 0) is 0 Å². The molecule has 0 radical (unpaired) electrons. The zero-order valence-corrected chi connectivity index (χ0v) is 12.6. The molecule has 0 bridgehead atoms. The normalized spacial score (nSPS) is 34.1.